The number of nitrogens with zero attached hydrogens (tertiary/aromatic N) is 6. The van der Waals surface area contributed by atoms with Crippen LogP contribution in [0.3, 0.4) is 0 Å². The number of benzene rings is 1. The maximum atomic E-state index is 2.54. The van der Waals surface area contributed by atoms with Gasteiger partial charge in [0.15, 0.2) is 56.8 Å². The number of hydrogen-bond acceptors (Lipinski definition) is 3. The average molecular weight is 604 g/mol. The molecule has 0 amide bonds. The molecule has 45 heavy (non-hydrogen) atoms. The highest BCUT2D eigenvalue weighted by Gasteiger charge is 2.17. The van der Waals surface area contributed by atoms with Crippen LogP contribution in [0.2, 0.25) is 0 Å². The van der Waals surface area contributed by atoms with Crippen molar-refractivity contribution in [3.63, 3.8) is 0 Å². The van der Waals surface area contributed by atoms with Gasteiger partial charge in [0.05, 0.1) is 0 Å². The van der Waals surface area contributed by atoms with Crippen LogP contribution in [-0.4, -0.2) is 39.3 Å². The number of rotatable bonds is 9. The molecule has 0 saturated carbocycles. The molecule has 4 aromatic rings. The molecule has 3 saturated heterocycles. The van der Waals surface area contributed by atoms with Crippen LogP contribution < -0.4 is 28.4 Å². The van der Waals surface area contributed by atoms with E-state index >= 15 is 0 Å². The lowest BCUT2D eigenvalue weighted by Crippen LogP contribution is -2.37. The minimum absolute atomic E-state index is 0.873. The van der Waals surface area contributed by atoms with Gasteiger partial charge in [-0.05, 0) is 76.0 Å². The lowest BCUT2D eigenvalue weighted by Gasteiger charge is -2.28. The topological polar surface area (TPSA) is 21.4 Å². The zero-order chi connectivity index (χ0) is 30.3. The maximum absolute atomic E-state index is 2.54. The van der Waals surface area contributed by atoms with Crippen molar-refractivity contribution < 1.29 is 13.7 Å². The first-order chi connectivity index (χ1) is 22.2. The average Bonchev–Trinajstić information content (AvgIpc) is 3.10. The molecule has 1 aromatic carbocycles. The van der Waals surface area contributed by atoms with Crippen molar-refractivity contribution in [2.24, 2.45) is 0 Å². The fourth-order valence-electron chi connectivity index (χ4n) is 7.50. The van der Waals surface area contributed by atoms with E-state index in [2.05, 4.69) is 120 Å². The Morgan fingerprint density at radius 1 is 0.356 bits per heavy atom. The summed E-state index contributed by atoms with van der Waals surface area (Å²) in [5, 5.41) is 0. The molecule has 0 unspecified atom stereocenters. The molecule has 3 fully saturated rings. The predicted octanol–water partition coefficient (Wildman–Crippen LogP) is 5.66. The second-order valence-electron chi connectivity index (χ2n) is 13.5. The van der Waals surface area contributed by atoms with Gasteiger partial charge >= 0.3 is 0 Å². The lowest BCUT2D eigenvalue weighted by molar-refractivity contribution is -0.690. The van der Waals surface area contributed by atoms with Gasteiger partial charge in [0.25, 0.3) is 0 Å². The molecular formula is C39H51N6+3. The van der Waals surface area contributed by atoms with Crippen LogP contribution in [0, 0.1) is 0 Å². The van der Waals surface area contributed by atoms with Gasteiger partial charge in [0, 0.05) is 109 Å². The summed E-state index contributed by atoms with van der Waals surface area (Å²) in [4.78, 5) is 7.61. The normalized spacial score (nSPS) is 17.5. The molecule has 6 heteroatoms. The Hall–Kier alpha value is -3.93. The first-order valence-electron chi connectivity index (χ1n) is 17.6. The first-order valence-corrected chi connectivity index (χ1v) is 17.6. The van der Waals surface area contributed by atoms with Crippen LogP contribution >= 0.6 is 0 Å². The van der Waals surface area contributed by atoms with Gasteiger partial charge in [-0.1, -0.05) is 0 Å². The molecule has 0 bridgehead atoms. The van der Waals surface area contributed by atoms with Crippen LogP contribution in [0.25, 0.3) is 0 Å². The molecule has 3 aromatic heterocycles. The molecule has 234 valence electrons. The maximum Gasteiger partial charge on any atom is 0.173 e. The van der Waals surface area contributed by atoms with Crippen molar-refractivity contribution in [1.82, 2.24) is 0 Å². The van der Waals surface area contributed by atoms with Crippen LogP contribution in [0.15, 0.2) is 91.8 Å². The highest BCUT2D eigenvalue weighted by Crippen LogP contribution is 2.21. The zero-order valence-corrected chi connectivity index (χ0v) is 27.1. The molecule has 0 atom stereocenters. The molecule has 3 aliphatic heterocycles. The molecule has 6 nitrogen and oxygen atoms in total. The molecule has 6 heterocycles. The first kappa shape index (κ1) is 29.8. The van der Waals surface area contributed by atoms with Crippen molar-refractivity contribution in [3.8, 4) is 0 Å². The van der Waals surface area contributed by atoms with Crippen molar-refractivity contribution in [2.75, 3.05) is 54.0 Å². The van der Waals surface area contributed by atoms with Crippen molar-refractivity contribution >= 4 is 17.1 Å². The molecule has 7 rings (SSSR count). The fraction of sp³-hybridized carbons (Fsp3) is 0.462. The third-order valence-electron chi connectivity index (χ3n) is 9.99. The third-order valence-corrected chi connectivity index (χ3v) is 9.99. The summed E-state index contributed by atoms with van der Waals surface area (Å²) in [7, 11) is 0. The Morgan fingerprint density at radius 3 is 0.844 bits per heavy atom. The third kappa shape index (κ3) is 7.84. The van der Waals surface area contributed by atoms with Gasteiger partial charge in [0.2, 0.25) is 0 Å². The van der Waals surface area contributed by atoms with E-state index in [0.29, 0.717) is 0 Å². The Morgan fingerprint density at radius 2 is 0.600 bits per heavy atom. The summed E-state index contributed by atoms with van der Waals surface area (Å²) in [5.74, 6) is 0. The van der Waals surface area contributed by atoms with E-state index in [1.807, 2.05) is 0 Å². The van der Waals surface area contributed by atoms with Gasteiger partial charge in [-0.3, -0.25) is 0 Å². The standard InChI is InChI=1S/C39H51N6/c1-4-16-43(17-5-1)37-10-22-40(23-11-37)31-34-28-35(32-41-24-12-38(13-25-41)44-18-6-2-7-19-44)30-36(29-34)33-42-26-14-39(15-27-42)45-20-8-3-9-21-45/h10-15,22-30H,1-9,16-21,31-33H2/q+3. The second-order valence-corrected chi connectivity index (χ2v) is 13.5. The summed E-state index contributed by atoms with van der Waals surface area (Å²) < 4.78 is 6.99. The number of aromatic nitrogens is 3. The largest absolute Gasteiger partial charge is 0.371 e. The highest BCUT2D eigenvalue weighted by molar-refractivity contribution is 5.45. The van der Waals surface area contributed by atoms with E-state index in [9.17, 15) is 0 Å². The number of anilines is 3. The summed E-state index contributed by atoms with van der Waals surface area (Å²) in [5.41, 5.74) is 8.13. The molecule has 0 spiro atoms. The summed E-state index contributed by atoms with van der Waals surface area (Å²) in [6, 6.07) is 21.0. The van der Waals surface area contributed by atoms with Gasteiger partial charge in [-0.25, -0.2) is 13.7 Å². The SMILES string of the molecule is c1c(C[n+]2ccc(N3CCCCC3)cc2)cc(C[n+]2ccc(N3CCCCC3)cc2)cc1C[n+]1ccc(N2CCCCC2)cc1. The smallest absolute Gasteiger partial charge is 0.173 e. The van der Waals surface area contributed by atoms with E-state index < -0.39 is 0 Å². The van der Waals surface area contributed by atoms with Crippen LogP contribution in [0.5, 0.6) is 0 Å². The molecular weight excluding hydrogens is 552 g/mol. The fourth-order valence-corrected chi connectivity index (χ4v) is 7.50. The zero-order valence-electron chi connectivity index (χ0n) is 27.1. The number of hydrogen-bond donors (Lipinski definition) is 0. The van der Waals surface area contributed by atoms with E-state index in [0.717, 1.165) is 19.6 Å². The van der Waals surface area contributed by atoms with Crippen molar-refractivity contribution in [3.05, 3.63) is 108 Å². The number of pyridine rings is 3. The quantitative estimate of drug-likeness (QED) is 0.230. The summed E-state index contributed by atoms with van der Waals surface area (Å²) in [6.07, 6.45) is 25.5. The summed E-state index contributed by atoms with van der Waals surface area (Å²) >= 11 is 0. The second kappa shape index (κ2) is 14.4. The van der Waals surface area contributed by atoms with Crippen molar-refractivity contribution in [2.45, 2.75) is 77.4 Å². The van der Waals surface area contributed by atoms with Crippen LogP contribution in [-0.2, 0) is 19.6 Å². The minimum atomic E-state index is 0.873. The Labute approximate surface area is 270 Å². The Kier molecular flexibility index (Phi) is 9.55. The minimum Gasteiger partial charge on any atom is -0.371 e. The van der Waals surface area contributed by atoms with Crippen molar-refractivity contribution in [1.29, 1.82) is 0 Å². The Balaban J connectivity index is 1.10. The van der Waals surface area contributed by atoms with E-state index in [-0.39, 0.29) is 0 Å². The van der Waals surface area contributed by atoms with Gasteiger partial charge in [-0.15, -0.1) is 0 Å². The number of piperidine rings is 3. The van der Waals surface area contributed by atoms with Gasteiger partial charge in [0.1, 0.15) is 0 Å². The van der Waals surface area contributed by atoms with E-state index in [1.54, 1.807) is 0 Å². The monoisotopic (exact) mass is 603 g/mol. The van der Waals surface area contributed by atoms with Gasteiger partial charge < -0.3 is 14.7 Å². The molecule has 0 N–H and O–H groups in total. The summed E-state index contributed by atoms with van der Waals surface area (Å²) in [6.45, 7) is 9.72. The highest BCUT2D eigenvalue weighted by atomic mass is 15.1. The molecule has 3 aliphatic rings. The van der Waals surface area contributed by atoms with Crippen LogP contribution in [0.4, 0.5) is 17.1 Å². The van der Waals surface area contributed by atoms with Crippen LogP contribution in [0.1, 0.15) is 74.5 Å². The van der Waals surface area contributed by atoms with E-state index in [4.69, 9.17) is 0 Å². The molecule has 0 radical (unpaired) electrons. The lowest BCUT2D eigenvalue weighted by atomic mass is 10.0. The molecule has 0 aliphatic carbocycles. The van der Waals surface area contributed by atoms with Gasteiger partial charge in [-0.2, -0.15) is 0 Å². The Bertz CT molecular complexity index is 1300. The van der Waals surface area contributed by atoms with E-state index in [1.165, 1.54) is 131 Å². The predicted molar refractivity (Wildman–Crippen MR) is 182 cm³/mol.